The lowest BCUT2D eigenvalue weighted by Crippen LogP contribution is -2.23. The first kappa shape index (κ1) is 17.9. The number of fused-ring (bicyclic) bond motifs is 1. The molecular weight excluding hydrogens is 378 g/mol. The number of carbonyl (C=O) groups is 1. The van der Waals surface area contributed by atoms with Crippen LogP contribution in [0.4, 0.5) is 5.69 Å². The molecule has 1 amide bonds. The normalized spacial score (nSPS) is 16.7. The Morgan fingerprint density at radius 1 is 1.07 bits per heavy atom. The van der Waals surface area contributed by atoms with E-state index in [0.29, 0.717) is 12.1 Å². The molecule has 0 bridgehead atoms. The van der Waals surface area contributed by atoms with Crippen LogP contribution in [0.5, 0.6) is 0 Å². The van der Waals surface area contributed by atoms with Crippen molar-refractivity contribution in [3.8, 4) is 0 Å². The van der Waals surface area contributed by atoms with E-state index in [0.717, 1.165) is 21.6 Å². The lowest BCUT2D eigenvalue weighted by atomic mass is 9.88. The molecule has 0 fully saturated rings. The Kier molecular flexibility index (Phi) is 4.40. The summed E-state index contributed by atoms with van der Waals surface area (Å²) in [6.45, 7) is 3.87. The molecule has 0 unspecified atom stereocenters. The monoisotopic (exact) mass is 397 g/mol. The molecule has 1 aromatic heterocycles. The molecule has 0 saturated heterocycles. The van der Waals surface area contributed by atoms with E-state index in [2.05, 4.69) is 5.32 Å². The van der Waals surface area contributed by atoms with E-state index in [1.165, 1.54) is 11.3 Å². The van der Waals surface area contributed by atoms with Gasteiger partial charge in [-0.1, -0.05) is 36.4 Å². The molecule has 4 nitrogen and oxygen atoms in total. The van der Waals surface area contributed by atoms with Crippen LogP contribution in [0.1, 0.15) is 33.9 Å². The molecule has 4 rings (SSSR count). The maximum Gasteiger partial charge on any atom is 0.225 e. The highest BCUT2D eigenvalue weighted by Crippen LogP contribution is 2.46. The fourth-order valence-corrected chi connectivity index (χ4v) is 6.54. The van der Waals surface area contributed by atoms with Crippen molar-refractivity contribution in [3.05, 3.63) is 75.5 Å². The van der Waals surface area contributed by atoms with Gasteiger partial charge in [0.25, 0.3) is 0 Å². The Labute approximate surface area is 162 Å². The van der Waals surface area contributed by atoms with Crippen molar-refractivity contribution in [2.24, 2.45) is 0 Å². The zero-order valence-corrected chi connectivity index (χ0v) is 16.7. The van der Waals surface area contributed by atoms with Gasteiger partial charge in [-0.25, -0.2) is 8.42 Å². The first-order chi connectivity index (χ1) is 12.9. The van der Waals surface area contributed by atoms with Crippen LogP contribution in [0, 0.1) is 13.8 Å². The number of rotatable bonds is 3. The summed E-state index contributed by atoms with van der Waals surface area (Å²) in [7, 11) is -3.70. The second kappa shape index (κ2) is 6.62. The Bertz CT molecular complexity index is 1150. The molecule has 0 saturated carbocycles. The van der Waals surface area contributed by atoms with Gasteiger partial charge in [-0.3, -0.25) is 4.79 Å². The average molecular weight is 398 g/mol. The summed E-state index contributed by atoms with van der Waals surface area (Å²) in [4.78, 5) is 13.7. The van der Waals surface area contributed by atoms with Gasteiger partial charge in [0, 0.05) is 22.6 Å². The fourth-order valence-electron chi connectivity index (χ4n) is 3.54. The molecular formula is C21H19NO3S2. The molecule has 3 aromatic rings. The SMILES string of the molecule is Cc1cccc(S(=O)(=O)c2csc3c2NC(=O)C[C@H]3c2ccccc2C)c1. The number of carbonyl (C=O) groups excluding carboxylic acids is 1. The van der Waals surface area contributed by atoms with E-state index in [9.17, 15) is 13.2 Å². The first-order valence-electron chi connectivity index (χ1n) is 8.66. The molecule has 0 spiro atoms. The molecule has 6 heteroatoms. The van der Waals surface area contributed by atoms with Gasteiger partial charge in [0.1, 0.15) is 4.90 Å². The quantitative estimate of drug-likeness (QED) is 0.698. The number of hydrogen-bond acceptors (Lipinski definition) is 4. The highest BCUT2D eigenvalue weighted by atomic mass is 32.2. The third kappa shape index (κ3) is 3.09. The Morgan fingerprint density at radius 2 is 1.85 bits per heavy atom. The Balaban J connectivity index is 1.86. The van der Waals surface area contributed by atoms with Gasteiger partial charge in [0.2, 0.25) is 15.7 Å². The molecule has 2 aromatic carbocycles. The van der Waals surface area contributed by atoms with Gasteiger partial charge < -0.3 is 5.32 Å². The Hall–Kier alpha value is -2.44. The van der Waals surface area contributed by atoms with Crippen LogP contribution in [0.25, 0.3) is 0 Å². The van der Waals surface area contributed by atoms with E-state index in [1.807, 2.05) is 44.2 Å². The van der Waals surface area contributed by atoms with Crippen molar-refractivity contribution in [1.82, 2.24) is 0 Å². The second-order valence-electron chi connectivity index (χ2n) is 6.82. The van der Waals surface area contributed by atoms with Crippen molar-refractivity contribution < 1.29 is 13.2 Å². The van der Waals surface area contributed by atoms with Gasteiger partial charge in [0.15, 0.2) is 0 Å². The number of aryl methyl sites for hydroxylation is 2. The van der Waals surface area contributed by atoms with E-state index >= 15 is 0 Å². The molecule has 0 radical (unpaired) electrons. The minimum absolute atomic E-state index is 0.124. The molecule has 0 aliphatic carbocycles. The van der Waals surface area contributed by atoms with Gasteiger partial charge in [-0.15, -0.1) is 11.3 Å². The van der Waals surface area contributed by atoms with E-state index in [1.54, 1.807) is 23.6 Å². The van der Waals surface area contributed by atoms with E-state index in [-0.39, 0.29) is 21.6 Å². The lowest BCUT2D eigenvalue weighted by Gasteiger charge is -2.25. The van der Waals surface area contributed by atoms with Crippen molar-refractivity contribution in [2.45, 2.75) is 36.0 Å². The molecule has 1 atom stereocenters. The molecule has 1 N–H and O–H groups in total. The van der Waals surface area contributed by atoms with Crippen LogP contribution in [-0.4, -0.2) is 14.3 Å². The number of benzene rings is 2. The zero-order valence-electron chi connectivity index (χ0n) is 15.0. The van der Waals surface area contributed by atoms with Gasteiger partial charge >= 0.3 is 0 Å². The number of nitrogens with one attached hydrogen (secondary N) is 1. The standard InChI is InChI=1S/C21H19NO3S2/c1-13-6-5-8-15(10-13)27(24,25)18-12-26-21-17(11-19(23)22-20(18)21)16-9-4-3-7-14(16)2/h3-10,12,17H,11H2,1-2H3,(H,22,23)/t17-/m0/s1. The second-order valence-corrected chi connectivity index (χ2v) is 9.65. The minimum Gasteiger partial charge on any atom is -0.324 e. The summed E-state index contributed by atoms with van der Waals surface area (Å²) < 4.78 is 26.4. The van der Waals surface area contributed by atoms with Crippen LogP contribution in [0.15, 0.2) is 63.7 Å². The average Bonchev–Trinajstić information content (AvgIpc) is 3.06. The summed E-state index contributed by atoms with van der Waals surface area (Å²) in [6, 6.07) is 14.8. The van der Waals surface area contributed by atoms with Crippen LogP contribution in [0.3, 0.4) is 0 Å². The summed E-state index contributed by atoms with van der Waals surface area (Å²) in [5.74, 6) is -0.281. The maximum atomic E-state index is 13.2. The topological polar surface area (TPSA) is 63.2 Å². The number of hydrogen-bond donors (Lipinski definition) is 1. The molecule has 1 aliphatic heterocycles. The number of amides is 1. The van der Waals surface area contributed by atoms with E-state index in [4.69, 9.17) is 0 Å². The molecule has 138 valence electrons. The van der Waals surface area contributed by atoms with Crippen LogP contribution in [-0.2, 0) is 14.6 Å². The van der Waals surface area contributed by atoms with Gasteiger partial charge in [-0.2, -0.15) is 0 Å². The Morgan fingerprint density at radius 3 is 2.59 bits per heavy atom. The number of thiophene rings is 1. The van der Waals surface area contributed by atoms with Crippen LogP contribution < -0.4 is 5.32 Å². The first-order valence-corrected chi connectivity index (χ1v) is 11.0. The maximum absolute atomic E-state index is 13.2. The predicted molar refractivity (Wildman–Crippen MR) is 107 cm³/mol. The van der Waals surface area contributed by atoms with Crippen molar-refractivity contribution in [2.75, 3.05) is 5.32 Å². The fraction of sp³-hybridized carbons (Fsp3) is 0.190. The summed E-state index contributed by atoms with van der Waals surface area (Å²) in [6.07, 6.45) is 0.322. The van der Waals surface area contributed by atoms with Gasteiger partial charge in [-0.05, 0) is 42.7 Å². The van der Waals surface area contributed by atoms with Crippen LogP contribution in [0.2, 0.25) is 0 Å². The molecule has 2 heterocycles. The third-order valence-electron chi connectivity index (χ3n) is 4.91. The minimum atomic E-state index is -3.70. The third-order valence-corrected chi connectivity index (χ3v) is 7.93. The smallest absolute Gasteiger partial charge is 0.225 e. The zero-order chi connectivity index (χ0) is 19.2. The molecule has 27 heavy (non-hydrogen) atoms. The number of sulfone groups is 1. The molecule has 1 aliphatic rings. The summed E-state index contributed by atoms with van der Waals surface area (Å²) >= 11 is 1.40. The van der Waals surface area contributed by atoms with Crippen molar-refractivity contribution in [3.63, 3.8) is 0 Å². The summed E-state index contributed by atoms with van der Waals surface area (Å²) in [5, 5.41) is 4.46. The van der Waals surface area contributed by atoms with Gasteiger partial charge in [0.05, 0.1) is 10.6 Å². The predicted octanol–water partition coefficient (Wildman–Crippen LogP) is 4.67. The highest BCUT2D eigenvalue weighted by Gasteiger charge is 2.34. The number of anilines is 1. The van der Waals surface area contributed by atoms with Crippen molar-refractivity contribution >= 4 is 32.8 Å². The summed E-state index contributed by atoms with van der Waals surface area (Å²) in [5.41, 5.74) is 3.47. The highest BCUT2D eigenvalue weighted by molar-refractivity contribution is 7.91. The van der Waals surface area contributed by atoms with Crippen LogP contribution >= 0.6 is 11.3 Å². The largest absolute Gasteiger partial charge is 0.324 e. The lowest BCUT2D eigenvalue weighted by molar-refractivity contribution is -0.116. The van der Waals surface area contributed by atoms with Crippen molar-refractivity contribution in [1.29, 1.82) is 0 Å². The van der Waals surface area contributed by atoms with E-state index < -0.39 is 9.84 Å².